The second-order valence-electron chi connectivity index (χ2n) is 7.01. The van der Waals surface area contributed by atoms with Gasteiger partial charge in [0, 0.05) is 22.3 Å². The van der Waals surface area contributed by atoms with Gasteiger partial charge in [0.1, 0.15) is 16.5 Å². The Morgan fingerprint density at radius 2 is 1.87 bits per heavy atom. The number of aromatic nitrogens is 3. The van der Waals surface area contributed by atoms with Crippen molar-refractivity contribution in [3.05, 3.63) is 98.7 Å². The van der Waals surface area contributed by atoms with Crippen molar-refractivity contribution in [2.24, 2.45) is 4.99 Å². The zero-order valence-corrected chi connectivity index (χ0v) is 18.1. The van der Waals surface area contributed by atoms with Gasteiger partial charge in [0.25, 0.3) is 0 Å². The summed E-state index contributed by atoms with van der Waals surface area (Å²) in [6.45, 7) is 4.71. The molecule has 0 saturated heterocycles. The molecule has 0 unspecified atom stereocenters. The smallest absolute Gasteiger partial charge is 0.113 e. The first-order valence-electron chi connectivity index (χ1n) is 9.52. The molecule has 146 valence electrons. The molecule has 4 aromatic rings. The number of benzene rings is 1. The van der Waals surface area contributed by atoms with Crippen molar-refractivity contribution in [3.63, 3.8) is 0 Å². The first kappa shape index (κ1) is 18.8. The van der Waals surface area contributed by atoms with E-state index in [1.165, 1.54) is 0 Å². The van der Waals surface area contributed by atoms with Crippen LogP contribution in [0.1, 0.15) is 38.8 Å². The van der Waals surface area contributed by atoms with Crippen LogP contribution in [0.3, 0.4) is 0 Å². The van der Waals surface area contributed by atoms with E-state index in [0.717, 1.165) is 49.5 Å². The fourth-order valence-corrected chi connectivity index (χ4v) is 4.94. The highest BCUT2D eigenvalue weighted by Gasteiger charge is 2.26. The van der Waals surface area contributed by atoms with Gasteiger partial charge in [0.05, 0.1) is 29.0 Å². The third kappa shape index (κ3) is 3.24. The highest BCUT2D eigenvalue weighted by atomic mass is 35.5. The number of hydrogen-bond donors (Lipinski definition) is 0. The maximum atomic E-state index is 6.12. The number of hydrogen-bond acceptors (Lipinski definition) is 4. The van der Waals surface area contributed by atoms with E-state index in [4.69, 9.17) is 16.6 Å². The standard InChI is InChI=1S/C24H17ClN4S/c1-15-21(11-10-19-5-3-4-12-26-19)30-24-22(15)23(17-6-8-18(25)9-7-17)28-14-20-13-27-16(2)29(20)24/h3-9,12-13H,14H2,1-2H3. The first-order valence-corrected chi connectivity index (χ1v) is 10.7. The van der Waals surface area contributed by atoms with Gasteiger partial charge in [-0.15, -0.1) is 11.3 Å². The summed E-state index contributed by atoms with van der Waals surface area (Å²) in [6.07, 6.45) is 3.66. The van der Waals surface area contributed by atoms with Crippen LogP contribution in [0.25, 0.3) is 5.00 Å². The number of aryl methyl sites for hydroxylation is 1. The van der Waals surface area contributed by atoms with E-state index in [2.05, 4.69) is 33.3 Å². The van der Waals surface area contributed by atoms with Gasteiger partial charge in [-0.25, -0.2) is 9.97 Å². The van der Waals surface area contributed by atoms with Gasteiger partial charge >= 0.3 is 0 Å². The SMILES string of the molecule is Cc1c(C#Cc2ccccn2)sc2c1C(c1ccc(Cl)cc1)=NCc1cnc(C)n1-2. The summed E-state index contributed by atoms with van der Waals surface area (Å²) in [5, 5.41) is 1.82. The molecule has 0 spiro atoms. The Bertz CT molecular complexity index is 1340. The average Bonchev–Trinajstić information content (AvgIpc) is 3.22. The van der Waals surface area contributed by atoms with E-state index in [-0.39, 0.29) is 0 Å². The fourth-order valence-electron chi connectivity index (χ4n) is 3.57. The van der Waals surface area contributed by atoms with Crippen molar-refractivity contribution in [2.45, 2.75) is 20.4 Å². The Hall–Kier alpha value is -3.20. The third-order valence-electron chi connectivity index (χ3n) is 5.07. The minimum atomic E-state index is 0.578. The number of halogens is 1. The molecule has 1 aliphatic rings. The van der Waals surface area contributed by atoms with E-state index in [0.29, 0.717) is 11.6 Å². The minimum Gasteiger partial charge on any atom is -0.290 e. The molecular formula is C24H17ClN4S. The maximum Gasteiger partial charge on any atom is 0.113 e. The van der Waals surface area contributed by atoms with E-state index in [1.54, 1.807) is 17.5 Å². The van der Waals surface area contributed by atoms with Gasteiger partial charge in [0.15, 0.2) is 0 Å². The van der Waals surface area contributed by atoms with Crippen molar-refractivity contribution in [3.8, 4) is 16.8 Å². The molecule has 0 aliphatic carbocycles. The van der Waals surface area contributed by atoms with Gasteiger partial charge in [-0.2, -0.15) is 0 Å². The van der Waals surface area contributed by atoms with Gasteiger partial charge in [-0.05, 0) is 55.5 Å². The molecule has 4 heterocycles. The van der Waals surface area contributed by atoms with Crippen LogP contribution >= 0.6 is 22.9 Å². The number of thiophene rings is 1. The molecule has 30 heavy (non-hydrogen) atoms. The number of nitrogens with zero attached hydrogens (tertiary/aromatic N) is 4. The summed E-state index contributed by atoms with van der Waals surface area (Å²) in [6, 6.07) is 13.6. The Kier molecular flexibility index (Phi) is 4.74. The lowest BCUT2D eigenvalue weighted by Crippen LogP contribution is -2.07. The number of pyridine rings is 1. The summed E-state index contributed by atoms with van der Waals surface area (Å²) in [5.41, 5.74) is 6.06. The lowest BCUT2D eigenvalue weighted by molar-refractivity contribution is 0.901. The summed E-state index contributed by atoms with van der Waals surface area (Å²) in [5.74, 6) is 7.46. The molecule has 0 radical (unpaired) electrons. The van der Waals surface area contributed by atoms with Crippen LogP contribution in [-0.4, -0.2) is 20.2 Å². The van der Waals surface area contributed by atoms with Gasteiger partial charge in [-0.1, -0.05) is 29.8 Å². The van der Waals surface area contributed by atoms with E-state index < -0.39 is 0 Å². The molecular weight excluding hydrogens is 412 g/mol. The molecule has 0 fully saturated rings. The van der Waals surface area contributed by atoms with Crippen LogP contribution in [0.4, 0.5) is 0 Å². The van der Waals surface area contributed by atoms with Gasteiger partial charge in [0.2, 0.25) is 0 Å². The predicted octanol–water partition coefficient (Wildman–Crippen LogP) is 5.35. The van der Waals surface area contributed by atoms with Crippen LogP contribution in [0.5, 0.6) is 0 Å². The summed E-state index contributed by atoms with van der Waals surface area (Å²) in [7, 11) is 0. The number of aliphatic imine (C=N–C) groups is 1. The summed E-state index contributed by atoms with van der Waals surface area (Å²) in [4.78, 5) is 14.8. The van der Waals surface area contributed by atoms with Crippen LogP contribution in [0.2, 0.25) is 5.02 Å². The molecule has 5 rings (SSSR count). The third-order valence-corrected chi connectivity index (χ3v) is 6.51. The predicted molar refractivity (Wildman–Crippen MR) is 122 cm³/mol. The molecule has 1 aliphatic heterocycles. The highest BCUT2D eigenvalue weighted by molar-refractivity contribution is 7.15. The Morgan fingerprint density at radius 1 is 1.03 bits per heavy atom. The molecule has 0 amide bonds. The molecule has 1 aromatic carbocycles. The quantitative estimate of drug-likeness (QED) is 0.383. The number of rotatable bonds is 1. The first-order chi connectivity index (χ1) is 14.6. The van der Waals surface area contributed by atoms with Crippen molar-refractivity contribution < 1.29 is 0 Å². The zero-order chi connectivity index (χ0) is 20.7. The summed E-state index contributed by atoms with van der Waals surface area (Å²) < 4.78 is 2.20. The van der Waals surface area contributed by atoms with Crippen molar-refractivity contribution in [1.82, 2.24) is 14.5 Å². The summed E-state index contributed by atoms with van der Waals surface area (Å²) >= 11 is 7.79. The van der Waals surface area contributed by atoms with Crippen molar-refractivity contribution in [1.29, 1.82) is 0 Å². The maximum absolute atomic E-state index is 6.12. The van der Waals surface area contributed by atoms with E-state index in [9.17, 15) is 0 Å². The van der Waals surface area contributed by atoms with Crippen molar-refractivity contribution >= 4 is 28.6 Å². The van der Waals surface area contributed by atoms with Crippen LogP contribution in [0, 0.1) is 25.7 Å². The molecule has 0 N–H and O–H groups in total. The van der Waals surface area contributed by atoms with Gasteiger partial charge in [-0.3, -0.25) is 9.56 Å². The second-order valence-corrected chi connectivity index (χ2v) is 8.44. The molecule has 3 aromatic heterocycles. The van der Waals surface area contributed by atoms with Crippen molar-refractivity contribution in [2.75, 3.05) is 0 Å². The minimum absolute atomic E-state index is 0.578. The topological polar surface area (TPSA) is 43.1 Å². The fraction of sp³-hybridized carbons (Fsp3) is 0.125. The lowest BCUT2D eigenvalue weighted by atomic mass is 10.00. The average molecular weight is 429 g/mol. The highest BCUT2D eigenvalue weighted by Crippen LogP contribution is 2.36. The Labute approximate surface area is 183 Å². The molecule has 4 nitrogen and oxygen atoms in total. The second kappa shape index (κ2) is 7.56. The van der Waals surface area contributed by atoms with Crippen LogP contribution < -0.4 is 0 Å². The largest absolute Gasteiger partial charge is 0.290 e. The number of fused-ring (bicyclic) bond motifs is 3. The van der Waals surface area contributed by atoms with Gasteiger partial charge < -0.3 is 0 Å². The lowest BCUT2D eigenvalue weighted by Gasteiger charge is -2.09. The Balaban J connectivity index is 1.71. The molecule has 0 bridgehead atoms. The number of imidazole rings is 1. The normalized spacial score (nSPS) is 12.3. The molecule has 0 atom stereocenters. The monoisotopic (exact) mass is 428 g/mol. The molecule has 0 saturated carbocycles. The van der Waals surface area contributed by atoms with Crippen LogP contribution in [-0.2, 0) is 6.54 Å². The van der Waals surface area contributed by atoms with Crippen LogP contribution in [0.15, 0.2) is 59.9 Å². The van der Waals surface area contributed by atoms with E-state index >= 15 is 0 Å². The molecule has 6 heteroatoms. The Morgan fingerprint density at radius 3 is 2.63 bits per heavy atom. The zero-order valence-electron chi connectivity index (χ0n) is 16.5. The van der Waals surface area contributed by atoms with E-state index in [1.807, 2.05) is 55.6 Å².